The molecule has 0 spiro atoms. The molecular formula is C15H21F3N2O. The zero-order chi connectivity index (χ0) is 15.3. The highest BCUT2D eigenvalue weighted by molar-refractivity contribution is 5.27. The molecule has 2 N–H and O–H groups in total. The van der Waals surface area contributed by atoms with E-state index in [-0.39, 0.29) is 5.75 Å². The molecule has 0 radical (unpaired) electrons. The Morgan fingerprint density at radius 3 is 2.29 bits per heavy atom. The van der Waals surface area contributed by atoms with Crippen molar-refractivity contribution in [3.8, 4) is 5.75 Å². The molecule has 1 aromatic carbocycles. The molecule has 1 aliphatic rings. The molecule has 1 heterocycles. The lowest BCUT2D eigenvalue weighted by Gasteiger charge is -2.31. The van der Waals surface area contributed by atoms with E-state index in [0.29, 0.717) is 5.92 Å². The van der Waals surface area contributed by atoms with Crippen LogP contribution in [0.15, 0.2) is 24.3 Å². The maximum atomic E-state index is 12.1. The summed E-state index contributed by atoms with van der Waals surface area (Å²) in [7, 11) is 0. The van der Waals surface area contributed by atoms with E-state index < -0.39 is 6.36 Å². The van der Waals surface area contributed by atoms with Crippen LogP contribution in [0.5, 0.6) is 5.75 Å². The number of halogens is 3. The summed E-state index contributed by atoms with van der Waals surface area (Å²) >= 11 is 0. The largest absolute Gasteiger partial charge is 0.573 e. The summed E-state index contributed by atoms with van der Waals surface area (Å²) < 4.78 is 40.1. The molecule has 2 rings (SSSR count). The average Bonchev–Trinajstić information content (AvgIpc) is 2.42. The Kier molecular flexibility index (Phi) is 5.47. The van der Waals surface area contributed by atoms with E-state index in [0.717, 1.165) is 51.0 Å². The van der Waals surface area contributed by atoms with E-state index in [1.807, 2.05) is 0 Å². The first-order chi connectivity index (χ1) is 9.96. The first-order valence-corrected chi connectivity index (χ1v) is 7.23. The molecule has 6 heteroatoms. The number of nitrogens with zero attached hydrogens (tertiary/aromatic N) is 1. The van der Waals surface area contributed by atoms with E-state index >= 15 is 0 Å². The van der Waals surface area contributed by atoms with Gasteiger partial charge in [0.15, 0.2) is 0 Å². The molecule has 0 bridgehead atoms. The highest BCUT2D eigenvalue weighted by Gasteiger charge is 2.31. The van der Waals surface area contributed by atoms with Crippen molar-refractivity contribution in [1.82, 2.24) is 4.90 Å². The lowest BCUT2D eigenvalue weighted by molar-refractivity contribution is -0.274. The standard InChI is InChI=1S/C15H21F3N2O/c16-15(17,18)21-14-3-1-13(2-4-14)11-20-9-6-12(5-8-19)7-10-20/h1-4,12H,5-11,19H2. The van der Waals surface area contributed by atoms with Crippen LogP contribution in [0.2, 0.25) is 0 Å². The van der Waals surface area contributed by atoms with Crippen molar-refractivity contribution in [3.63, 3.8) is 0 Å². The van der Waals surface area contributed by atoms with Crippen LogP contribution in [0, 0.1) is 5.92 Å². The molecule has 0 aliphatic carbocycles. The number of hydrogen-bond acceptors (Lipinski definition) is 3. The average molecular weight is 302 g/mol. The fourth-order valence-corrected chi connectivity index (χ4v) is 2.72. The number of ether oxygens (including phenoxy) is 1. The Hall–Kier alpha value is -1.27. The second kappa shape index (κ2) is 7.13. The summed E-state index contributed by atoms with van der Waals surface area (Å²) in [5, 5.41) is 0. The van der Waals surface area contributed by atoms with Crippen molar-refractivity contribution in [2.24, 2.45) is 11.7 Å². The van der Waals surface area contributed by atoms with Crippen LogP contribution in [0.3, 0.4) is 0 Å². The Morgan fingerprint density at radius 1 is 1.14 bits per heavy atom. The number of hydrogen-bond donors (Lipinski definition) is 1. The molecule has 3 nitrogen and oxygen atoms in total. The van der Waals surface area contributed by atoms with Crippen molar-refractivity contribution in [1.29, 1.82) is 0 Å². The van der Waals surface area contributed by atoms with Gasteiger partial charge in [-0.05, 0) is 62.5 Å². The van der Waals surface area contributed by atoms with Crippen molar-refractivity contribution in [3.05, 3.63) is 29.8 Å². The zero-order valence-corrected chi connectivity index (χ0v) is 11.9. The summed E-state index contributed by atoms with van der Waals surface area (Å²) in [4.78, 5) is 2.33. The quantitative estimate of drug-likeness (QED) is 0.908. The van der Waals surface area contributed by atoms with Gasteiger partial charge in [0, 0.05) is 6.54 Å². The van der Waals surface area contributed by atoms with Crippen LogP contribution in [0.4, 0.5) is 13.2 Å². The summed E-state index contributed by atoms with van der Waals surface area (Å²) in [5.74, 6) is 0.543. The Bertz CT molecular complexity index is 426. The number of alkyl halides is 3. The first-order valence-electron chi connectivity index (χ1n) is 7.23. The molecule has 118 valence electrons. The fourth-order valence-electron chi connectivity index (χ4n) is 2.72. The monoisotopic (exact) mass is 302 g/mol. The van der Waals surface area contributed by atoms with Gasteiger partial charge in [-0.2, -0.15) is 0 Å². The van der Waals surface area contributed by atoms with Crippen molar-refractivity contribution in [2.45, 2.75) is 32.2 Å². The maximum absolute atomic E-state index is 12.1. The molecule has 0 saturated carbocycles. The Labute approximate surface area is 122 Å². The third-order valence-electron chi connectivity index (χ3n) is 3.85. The van der Waals surface area contributed by atoms with Gasteiger partial charge in [-0.3, -0.25) is 4.90 Å². The minimum atomic E-state index is -4.63. The molecule has 1 saturated heterocycles. The predicted octanol–water partition coefficient (Wildman–Crippen LogP) is 3.15. The molecule has 21 heavy (non-hydrogen) atoms. The van der Waals surface area contributed by atoms with E-state index in [4.69, 9.17) is 5.73 Å². The van der Waals surface area contributed by atoms with Crippen LogP contribution in [-0.4, -0.2) is 30.9 Å². The van der Waals surface area contributed by atoms with Gasteiger partial charge in [-0.15, -0.1) is 13.2 Å². The molecular weight excluding hydrogens is 281 g/mol. The highest BCUT2D eigenvalue weighted by Crippen LogP contribution is 2.24. The van der Waals surface area contributed by atoms with Crippen molar-refractivity contribution in [2.75, 3.05) is 19.6 Å². The number of likely N-dealkylation sites (tertiary alicyclic amines) is 1. The molecule has 0 aromatic heterocycles. The summed E-state index contributed by atoms with van der Waals surface area (Å²) in [6.07, 6.45) is -1.26. The Morgan fingerprint density at radius 2 is 1.76 bits per heavy atom. The molecule has 1 aromatic rings. The third-order valence-corrected chi connectivity index (χ3v) is 3.85. The van der Waals surface area contributed by atoms with Gasteiger partial charge in [-0.25, -0.2) is 0 Å². The van der Waals surface area contributed by atoms with Gasteiger partial charge >= 0.3 is 6.36 Å². The van der Waals surface area contributed by atoms with Gasteiger partial charge in [-0.1, -0.05) is 12.1 Å². The Balaban J connectivity index is 1.81. The molecule has 0 atom stereocenters. The number of benzene rings is 1. The number of rotatable bonds is 5. The fraction of sp³-hybridized carbons (Fsp3) is 0.600. The lowest BCUT2D eigenvalue weighted by Crippen LogP contribution is -2.33. The molecule has 1 fully saturated rings. The van der Waals surface area contributed by atoms with Gasteiger partial charge < -0.3 is 10.5 Å². The van der Waals surface area contributed by atoms with Crippen LogP contribution in [-0.2, 0) is 6.54 Å². The zero-order valence-electron chi connectivity index (χ0n) is 11.9. The third kappa shape index (κ3) is 5.55. The van der Waals surface area contributed by atoms with Crippen LogP contribution >= 0.6 is 0 Å². The first kappa shape index (κ1) is 16.1. The molecule has 1 aliphatic heterocycles. The normalized spacial score (nSPS) is 17.9. The predicted molar refractivity (Wildman–Crippen MR) is 74.8 cm³/mol. The second-order valence-electron chi connectivity index (χ2n) is 5.49. The summed E-state index contributed by atoms with van der Waals surface area (Å²) in [6.45, 7) is 3.55. The minimum Gasteiger partial charge on any atom is -0.406 e. The van der Waals surface area contributed by atoms with Crippen molar-refractivity contribution < 1.29 is 17.9 Å². The lowest BCUT2D eigenvalue weighted by atomic mass is 9.93. The van der Waals surface area contributed by atoms with Crippen LogP contribution < -0.4 is 10.5 Å². The minimum absolute atomic E-state index is 0.173. The van der Waals surface area contributed by atoms with E-state index in [2.05, 4.69) is 9.64 Å². The van der Waals surface area contributed by atoms with Gasteiger partial charge in [0.05, 0.1) is 0 Å². The number of piperidine rings is 1. The van der Waals surface area contributed by atoms with E-state index in [1.54, 1.807) is 12.1 Å². The maximum Gasteiger partial charge on any atom is 0.573 e. The second-order valence-corrected chi connectivity index (χ2v) is 5.49. The summed E-state index contributed by atoms with van der Waals surface area (Å²) in [6, 6.07) is 6.11. The highest BCUT2D eigenvalue weighted by atomic mass is 19.4. The smallest absolute Gasteiger partial charge is 0.406 e. The summed E-state index contributed by atoms with van der Waals surface area (Å²) in [5.41, 5.74) is 6.57. The van der Waals surface area contributed by atoms with Gasteiger partial charge in [0.2, 0.25) is 0 Å². The van der Waals surface area contributed by atoms with Crippen molar-refractivity contribution >= 4 is 0 Å². The SMILES string of the molecule is NCCC1CCN(Cc2ccc(OC(F)(F)F)cc2)CC1. The van der Waals surface area contributed by atoms with E-state index in [9.17, 15) is 13.2 Å². The van der Waals surface area contributed by atoms with Gasteiger partial charge in [0.1, 0.15) is 5.75 Å². The van der Waals surface area contributed by atoms with Crippen LogP contribution in [0.1, 0.15) is 24.8 Å². The van der Waals surface area contributed by atoms with E-state index in [1.165, 1.54) is 12.1 Å². The van der Waals surface area contributed by atoms with Gasteiger partial charge in [0.25, 0.3) is 0 Å². The van der Waals surface area contributed by atoms with Crippen LogP contribution in [0.25, 0.3) is 0 Å². The number of nitrogens with two attached hydrogens (primary N) is 1. The topological polar surface area (TPSA) is 38.5 Å². The molecule has 0 unspecified atom stereocenters. The molecule has 0 amide bonds.